The number of carbonyl (C=O) groups is 1. The Hall–Kier alpha value is -4.02. The van der Waals surface area contributed by atoms with E-state index in [2.05, 4.69) is 20.6 Å². The molecule has 0 bridgehead atoms. The molecule has 2 atom stereocenters. The zero-order chi connectivity index (χ0) is 26.6. The lowest BCUT2D eigenvalue weighted by atomic mass is 9.94. The van der Waals surface area contributed by atoms with E-state index in [1.54, 1.807) is 28.6 Å². The number of benzene rings is 2. The Morgan fingerprint density at radius 1 is 1.08 bits per heavy atom. The quantitative estimate of drug-likeness (QED) is 0.369. The molecule has 10 heteroatoms. The number of carbonyl (C=O) groups excluding carboxylic acids is 1. The highest BCUT2D eigenvalue weighted by molar-refractivity contribution is 5.91. The fourth-order valence-electron chi connectivity index (χ4n) is 4.98. The third kappa shape index (κ3) is 5.46. The molecule has 9 nitrogen and oxygen atoms in total. The Labute approximate surface area is 221 Å². The molecule has 2 amide bonds. The average Bonchev–Trinajstić information content (AvgIpc) is 3.61. The van der Waals surface area contributed by atoms with Gasteiger partial charge in [-0.15, -0.1) is 0 Å². The summed E-state index contributed by atoms with van der Waals surface area (Å²) in [5, 5.41) is 15.5. The van der Waals surface area contributed by atoms with Crippen LogP contribution in [0.4, 0.5) is 15.0 Å². The second-order valence-corrected chi connectivity index (χ2v) is 9.56. The maximum atomic E-state index is 13.6. The first-order chi connectivity index (χ1) is 18.4. The van der Waals surface area contributed by atoms with Gasteiger partial charge in [0, 0.05) is 51.5 Å². The maximum absolute atomic E-state index is 13.6. The summed E-state index contributed by atoms with van der Waals surface area (Å²) in [5.74, 6) is 0.308. The number of hydrogen-bond acceptors (Lipinski definition) is 5. The minimum atomic E-state index is -0.330. The van der Waals surface area contributed by atoms with E-state index in [1.807, 2.05) is 56.6 Å². The van der Waals surface area contributed by atoms with E-state index in [4.69, 9.17) is 9.84 Å². The van der Waals surface area contributed by atoms with Crippen LogP contribution >= 0.6 is 0 Å². The van der Waals surface area contributed by atoms with Crippen LogP contribution < -0.4 is 10.6 Å². The van der Waals surface area contributed by atoms with Crippen molar-refractivity contribution in [3.63, 3.8) is 0 Å². The number of nitrogens with zero attached hydrogens (tertiary/aromatic N) is 5. The molecule has 2 N–H and O–H groups in total. The number of aromatic nitrogens is 4. The molecule has 0 spiro atoms. The fourth-order valence-corrected chi connectivity index (χ4v) is 4.98. The molecule has 198 valence electrons. The van der Waals surface area contributed by atoms with Crippen LogP contribution in [0.1, 0.15) is 17.0 Å². The Morgan fingerprint density at radius 2 is 1.84 bits per heavy atom. The van der Waals surface area contributed by atoms with E-state index in [0.29, 0.717) is 24.7 Å². The van der Waals surface area contributed by atoms with Gasteiger partial charge in [-0.2, -0.15) is 10.2 Å². The van der Waals surface area contributed by atoms with Gasteiger partial charge in [0.25, 0.3) is 0 Å². The highest BCUT2D eigenvalue weighted by Crippen LogP contribution is 2.31. The third-order valence-electron chi connectivity index (χ3n) is 6.93. The molecule has 3 heterocycles. The molecule has 1 aliphatic rings. The molecule has 1 fully saturated rings. The summed E-state index contributed by atoms with van der Waals surface area (Å²) in [4.78, 5) is 15.7. The molecule has 0 saturated carbocycles. The van der Waals surface area contributed by atoms with Gasteiger partial charge in [0.2, 0.25) is 0 Å². The van der Waals surface area contributed by atoms with Gasteiger partial charge in [-0.3, -0.25) is 14.9 Å². The van der Waals surface area contributed by atoms with Gasteiger partial charge in [-0.25, -0.2) is 13.9 Å². The van der Waals surface area contributed by atoms with Crippen LogP contribution in [0, 0.1) is 12.7 Å². The number of methoxy groups -OCH3 is 1. The molecule has 4 aromatic rings. The number of anilines is 1. The Bertz CT molecular complexity index is 1380. The summed E-state index contributed by atoms with van der Waals surface area (Å²) in [6.07, 6.45) is 1.86. The standard InChI is InChI=1S/C28H32FN7O2/c1-19-26(24-13-14-34(2)32-24)33-36(22-7-5-4-6-8-22)27(19)31-28(37)30-25-18-35(15-16-38-3)17-23(25)20-9-11-21(29)12-10-20/h4-14,23,25H,15-18H2,1-3H3,(H2,30,31,37). The van der Waals surface area contributed by atoms with Crippen molar-refractivity contribution in [2.24, 2.45) is 7.05 Å². The third-order valence-corrected chi connectivity index (χ3v) is 6.93. The largest absolute Gasteiger partial charge is 0.383 e. The minimum Gasteiger partial charge on any atom is -0.383 e. The molecule has 1 aliphatic heterocycles. The highest BCUT2D eigenvalue weighted by Gasteiger charge is 2.35. The van der Waals surface area contributed by atoms with Crippen molar-refractivity contribution in [3.05, 3.63) is 83.8 Å². The summed E-state index contributed by atoms with van der Waals surface area (Å²) in [7, 11) is 3.53. The number of likely N-dealkylation sites (tertiary alicyclic amines) is 1. The Balaban J connectivity index is 1.41. The van der Waals surface area contributed by atoms with Crippen molar-refractivity contribution < 1.29 is 13.9 Å². The lowest BCUT2D eigenvalue weighted by molar-refractivity contribution is 0.159. The normalized spacial score (nSPS) is 17.6. The van der Waals surface area contributed by atoms with Gasteiger partial charge < -0.3 is 10.1 Å². The molecular formula is C28H32FN7O2. The van der Waals surface area contributed by atoms with E-state index in [9.17, 15) is 9.18 Å². The van der Waals surface area contributed by atoms with E-state index in [1.165, 1.54) is 12.1 Å². The number of ether oxygens (including phenoxy) is 1. The summed E-state index contributed by atoms with van der Waals surface area (Å²) in [6, 6.07) is 17.6. The van der Waals surface area contributed by atoms with Gasteiger partial charge in [0.05, 0.1) is 18.3 Å². The molecule has 38 heavy (non-hydrogen) atoms. The van der Waals surface area contributed by atoms with Crippen molar-refractivity contribution in [1.29, 1.82) is 0 Å². The SMILES string of the molecule is COCCN1CC(NC(=O)Nc2c(C)c(-c3ccn(C)n3)nn2-c2ccccc2)C(c2ccc(F)cc2)C1. The number of aryl methyl sites for hydroxylation is 1. The zero-order valence-electron chi connectivity index (χ0n) is 21.8. The number of halogens is 1. The maximum Gasteiger partial charge on any atom is 0.320 e. The molecule has 2 aromatic heterocycles. The number of nitrogens with one attached hydrogen (secondary N) is 2. The lowest BCUT2D eigenvalue weighted by Crippen LogP contribution is -2.42. The summed E-state index contributed by atoms with van der Waals surface area (Å²) >= 11 is 0. The van der Waals surface area contributed by atoms with Crippen LogP contribution in [0.5, 0.6) is 0 Å². The summed E-state index contributed by atoms with van der Waals surface area (Å²) in [5.41, 5.74) is 4.04. The molecule has 2 unspecified atom stereocenters. The van der Waals surface area contributed by atoms with Gasteiger partial charge in [-0.1, -0.05) is 30.3 Å². The molecule has 0 radical (unpaired) electrons. The molecular weight excluding hydrogens is 485 g/mol. The molecule has 0 aliphatic carbocycles. The van der Waals surface area contributed by atoms with Gasteiger partial charge in [-0.05, 0) is 42.8 Å². The average molecular weight is 518 g/mol. The monoisotopic (exact) mass is 517 g/mol. The van der Waals surface area contributed by atoms with Crippen LogP contribution in [0.3, 0.4) is 0 Å². The zero-order valence-corrected chi connectivity index (χ0v) is 21.8. The molecule has 2 aromatic carbocycles. The van der Waals surface area contributed by atoms with Crippen molar-refractivity contribution in [2.75, 3.05) is 38.7 Å². The van der Waals surface area contributed by atoms with E-state index < -0.39 is 0 Å². The van der Waals surface area contributed by atoms with Crippen molar-refractivity contribution in [2.45, 2.75) is 18.9 Å². The lowest BCUT2D eigenvalue weighted by Gasteiger charge is -2.21. The van der Waals surface area contributed by atoms with Crippen LogP contribution in [0.2, 0.25) is 0 Å². The van der Waals surface area contributed by atoms with Crippen LogP contribution in [0.25, 0.3) is 17.1 Å². The Kier molecular flexibility index (Phi) is 7.52. The first-order valence-corrected chi connectivity index (χ1v) is 12.6. The van der Waals surface area contributed by atoms with Crippen LogP contribution in [-0.4, -0.2) is 69.9 Å². The second kappa shape index (κ2) is 11.2. The second-order valence-electron chi connectivity index (χ2n) is 9.56. The van der Waals surface area contributed by atoms with Crippen molar-refractivity contribution in [1.82, 2.24) is 29.8 Å². The number of para-hydroxylation sites is 1. The first-order valence-electron chi connectivity index (χ1n) is 12.6. The predicted molar refractivity (Wildman–Crippen MR) is 144 cm³/mol. The van der Waals surface area contributed by atoms with Gasteiger partial charge in [0.1, 0.15) is 23.0 Å². The fraction of sp³-hybridized carbons (Fsp3) is 0.321. The molecule has 5 rings (SSSR count). The van der Waals surface area contributed by atoms with Crippen molar-refractivity contribution >= 4 is 11.8 Å². The van der Waals surface area contributed by atoms with Crippen LogP contribution in [-0.2, 0) is 11.8 Å². The minimum absolute atomic E-state index is 0.0161. The number of hydrogen-bond donors (Lipinski definition) is 2. The number of amides is 2. The smallest absolute Gasteiger partial charge is 0.320 e. The van der Waals surface area contributed by atoms with Gasteiger partial charge in [0.15, 0.2) is 0 Å². The summed E-state index contributed by atoms with van der Waals surface area (Å²) in [6.45, 7) is 4.68. The highest BCUT2D eigenvalue weighted by atomic mass is 19.1. The van der Waals surface area contributed by atoms with Gasteiger partial charge >= 0.3 is 6.03 Å². The number of rotatable bonds is 8. The van der Waals surface area contributed by atoms with E-state index >= 15 is 0 Å². The van der Waals surface area contributed by atoms with E-state index in [0.717, 1.165) is 35.6 Å². The van der Waals surface area contributed by atoms with Crippen LogP contribution in [0.15, 0.2) is 66.9 Å². The summed E-state index contributed by atoms with van der Waals surface area (Å²) < 4.78 is 22.3. The topological polar surface area (TPSA) is 89.2 Å². The van der Waals surface area contributed by atoms with Crippen molar-refractivity contribution in [3.8, 4) is 17.1 Å². The number of urea groups is 1. The van der Waals surface area contributed by atoms with E-state index in [-0.39, 0.29) is 23.8 Å². The first kappa shape index (κ1) is 25.6. The molecule has 1 saturated heterocycles. The Morgan fingerprint density at radius 3 is 2.53 bits per heavy atom. The predicted octanol–water partition coefficient (Wildman–Crippen LogP) is 3.96.